The molecule has 2 N–H and O–H groups in total. The Morgan fingerprint density at radius 3 is 2.29 bits per heavy atom. The first-order valence-corrected chi connectivity index (χ1v) is 15.4. The summed E-state index contributed by atoms with van der Waals surface area (Å²) >= 11 is 0. The van der Waals surface area contributed by atoms with E-state index in [1.807, 2.05) is 20.8 Å². The number of halogens is 1. The molecule has 0 radical (unpaired) electrons. The second-order valence-electron chi connectivity index (χ2n) is 13.1. The molecule has 3 aliphatic rings. The van der Waals surface area contributed by atoms with Gasteiger partial charge < -0.3 is 25.0 Å². The summed E-state index contributed by atoms with van der Waals surface area (Å²) in [6.07, 6.45) is 8.83. The van der Waals surface area contributed by atoms with Crippen LogP contribution >= 0.6 is 0 Å². The zero-order valence-corrected chi connectivity index (χ0v) is 25.4. The Bertz CT molecular complexity index is 1140. The molecule has 232 valence electrons. The van der Waals surface area contributed by atoms with Gasteiger partial charge >= 0.3 is 12.1 Å². The third kappa shape index (κ3) is 8.01. The Kier molecular flexibility index (Phi) is 10.5. The highest BCUT2D eigenvalue weighted by Gasteiger charge is 2.47. The number of carbonyl (C=O) groups excluding carboxylic acids is 4. The number of nitrogens with one attached hydrogen (secondary N) is 2. The van der Waals surface area contributed by atoms with E-state index in [1.54, 1.807) is 4.90 Å². The van der Waals surface area contributed by atoms with Crippen molar-refractivity contribution in [2.24, 2.45) is 23.7 Å². The summed E-state index contributed by atoms with van der Waals surface area (Å²) in [6, 6.07) is 3.17. The number of benzene rings is 1. The van der Waals surface area contributed by atoms with Crippen LogP contribution in [0.2, 0.25) is 0 Å². The van der Waals surface area contributed by atoms with E-state index >= 15 is 0 Å². The standard InChI is InChI=1S/C32H46FN3O6/c1-32(2,3)42-31(40)34-19-20-10-12-22(13-11-20)29(38)36-17-16-24(21-8-6-5-7-9-21)27(36)28(37)35-26-15-14-23(18-25(26)33)30(39)41-4/h14-15,18,20-22,24,27H,5-13,16-17,19H2,1-4H3,(H,34,40)(H,35,37)/t20?,22?,24-,27-/m0/s1. The highest BCUT2D eigenvalue weighted by molar-refractivity contribution is 5.99. The smallest absolute Gasteiger partial charge is 0.407 e. The molecule has 42 heavy (non-hydrogen) atoms. The Morgan fingerprint density at radius 2 is 1.67 bits per heavy atom. The van der Waals surface area contributed by atoms with E-state index in [-0.39, 0.29) is 40.8 Å². The quantitative estimate of drug-likeness (QED) is 0.397. The van der Waals surface area contributed by atoms with Gasteiger partial charge in [0.15, 0.2) is 0 Å². The number of alkyl carbamates (subject to hydrolysis) is 1. The predicted molar refractivity (Wildman–Crippen MR) is 156 cm³/mol. The second kappa shape index (κ2) is 13.9. The number of methoxy groups -OCH3 is 1. The third-order valence-electron chi connectivity index (χ3n) is 9.03. The van der Waals surface area contributed by atoms with Crippen LogP contribution in [0.3, 0.4) is 0 Å². The van der Waals surface area contributed by atoms with Crippen LogP contribution in [0.15, 0.2) is 18.2 Å². The molecule has 2 atom stereocenters. The van der Waals surface area contributed by atoms with Crippen molar-refractivity contribution in [2.75, 3.05) is 25.5 Å². The van der Waals surface area contributed by atoms with Gasteiger partial charge in [-0.2, -0.15) is 0 Å². The molecule has 10 heteroatoms. The van der Waals surface area contributed by atoms with Crippen LogP contribution in [0.4, 0.5) is 14.9 Å². The molecule has 0 spiro atoms. The average Bonchev–Trinajstić information content (AvgIpc) is 3.41. The van der Waals surface area contributed by atoms with Crippen molar-refractivity contribution < 1.29 is 33.0 Å². The Labute approximate surface area is 248 Å². The normalized spacial score (nSPS) is 25.0. The van der Waals surface area contributed by atoms with Gasteiger partial charge in [0.25, 0.3) is 0 Å². The zero-order valence-electron chi connectivity index (χ0n) is 25.4. The van der Waals surface area contributed by atoms with Gasteiger partial charge in [0, 0.05) is 19.0 Å². The molecule has 4 rings (SSSR count). The minimum atomic E-state index is -0.727. The van der Waals surface area contributed by atoms with Crippen molar-refractivity contribution in [1.82, 2.24) is 10.2 Å². The molecular weight excluding hydrogens is 541 g/mol. The number of amides is 3. The average molecular weight is 588 g/mol. The van der Waals surface area contributed by atoms with Crippen molar-refractivity contribution in [1.29, 1.82) is 0 Å². The number of nitrogens with zero attached hydrogens (tertiary/aromatic N) is 1. The van der Waals surface area contributed by atoms with Crippen LogP contribution in [0.5, 0.6) is 0 Å². The predicted octanol–water partition coefficient (Wildman–Crippen LogP) is 5.68. The van der Waals surface area contributed by atoms with Crippen molar-refractivity contribution in [3.63, 3.8) is 0 Å². The summed E-state index contributed by atoms with van der Waals surface area (Å²) in [4.78, 5) is 53.2. The number of esters is 1. The summed E-state index contributed by atoms with van der Waals surface area (Å²) in [7, 11) is 1.22. The molecule has 1 aliphatic heterocycles. The topological polar surface area (TPSA) is 114 Å². The maximum atomic E-state index is 14.9. The lowest BCUT2D eigenvalue weighted by molar-refractivity contribution is -0.142. The molecule has 0 aromatic heterocycles. The molecule has 2 aliphatic carbocycles. The first-order chi connectivity index (χ1) is 20.0. The minimum absolute atomic E-state index is 0.00600. The number of hydrogen-bond donors (Lipinski definition) is 2. The van der Waals surface area contributed by atoms with Crippen LogP contribution in [0, 0.1) is 29.5 Å². The fraction of sp³-hybridized carbons (Fsp3) is 0.688. The molecule has 1 saturated heterocycles. The highest BCUT2D eigenvalue weighted by atomic mass is 19.1. The fourth-order valence-electron chi connectivity index (χ4n) is 6.91. The van der Waals surface area contributed by atoms with E-state index in [1.165, 1.54) is 25.7 Å². The van der Waals surface area contributed by atoms with Gasteiger partial charge in [-0.15, -0.1) is 0 Å². The zero-order chi connectivity index (χ0) is 30.4. The van der Waals surface area contributed by atoms with Crippen molar-refractivity contribution in [3.05, 3.63) is 29.6 Å². The van der Waals surface area contributed by atoms with Gasteiger partial charge in [-0.25, -0.2) is 14.0 Å². The third-order valence-corrected chi connectivity index (χ3v) is 9.03. The summed E-state index contributed by atoms with van der Waals surface area (Å²) in [5.74, 6) is -1.30. The molecule has 2 saturated carbocycles. The van der Waals surface area contributed by atoms with Gasteiger partial charge in [-0.1, -0.05) is 32.1 Å². The molecule has 0 unspecified atom stereocenters. The van der Waals surface area contributed by atoms with E-state index in [0.29, 0.717) is 31.8 Å². The van der Waals surface area contributed by atoms with Crippen LogP contribution in [-0.2, 0) is 19.1 Å². The summed E-state index contributed by atoms with van der Waals surface area (Å²) in [5, 5.41) is 5.58. The lowest BCUT2D eigenvalue weighted by Gasteiger charge is -2.36. The number of rotatable bonds is 7. The lowest BCUT2D eigenvalue weighted by Crippen LogP contribution is -2.50. The largest absolute Gasteiger partial charge is 0.465 e. The van der Waals surface area contributed by atoms with Gasteiger partial charge in [0.2, 0.25) is 11.8 Å². The van der Waals surface area contributed by atoms with Gasteiger partial charge in [0.05, 0.1) is 18.4 Å². The number of hydrogen-bond acceptors (Lipinski definition) is 6. The van der Waals surface area contributed by atoms with Crippen LogP contribution in [0.1, 0.15) is 95.3 Å². The van der Waals surface area contributed by atoms with Crippen LogP contribution < -0.4 is 10.6 Å². The number of likely N-dealkylation sites (tertiary alicyclic amines) is 1. The maximum Gasteiger partial charge on any atom is 0.407 e. The summed E-state index contributed by atoms with van der Waals surface area (Å²) in [5.41, 5.74) is -0.518. The molecule has 1 aromatic carbocycles. The first-order valence-electron chi connectivity index (χ1n) is 15.4. The fourth-order valence-corrected chi connectivity index (χ4v) is 6.91. The Balaban J connectivity index is 1.42. The minimum Gasteiger partial charge on any atom is -0.465 e. The summed E-state index contributed by atoms with van der Waals surface area (Å²) in [6.45, 7) is 6.50. The van der Waals surface area contributed by atoms with Crippen molar-refractivity contribution in [3.8, 4) is 0 Å². The van der Waals surface area contributed by atoms with E-state index in [2.05, 4.69) is 15.4 Å². The van der Waals surface area contributed by atoms with E-state index < -0.39 is 29.5 Å². The van der Waals surface area contributed by atoms with Crippen molar-refractivity contribution in [2.45, 2.75) is 96.6 Å². The SMILES string of the molecule is COC(=O)c1ccc(NC(=O)[C@@H]2[C@H](C3CCCCC3)CCN2C(=O)C2CCC(CNC(=O)OC(C)(C)C)CC2)c(F)c1. The molecule has 9 nitrogen and oxygen atoms in total. The van der Waals surface area contributed by atoms with E-state index in [9.17, 15) is 23.6 Å². The van der Waals surface area contributed by atoms with Gasteiger partial charge in [-0.05, 0) is 88.8 Å². The molecule has 1 aromatic rings. The van der Waals surface area contributed by atoms with Gasteiger partial charge in [-0.3, -0.25) is 9.59 Å². The highest BCUT2D eigenvalue weighted by Crippen LogP contribution is 2.41. The lowest BCUT2D eigenvalue weighted by atomic mass is 9.76. The monoisotopic (exact) mass is 587 g/mol. The summed E-state index contributed by atoms with van der Waals surface area (Å²) < 4.78 is 24.9. The Morgan fingerprint density at radius 1 is 0.976 bits per heavy atom. The van der Waals surface area contributed by atoms with Crippen LogP contribution in [0.25, 0.3) is 0 Å². The Hall–Kier alpha value is -3.17. The van der Waals surface area contributed by atoms with E-state index in [0.717, 1.165) is 51.0 Å². The number of ether oxygens (including phenoxy) is 2. The van der Waals surface area contributed by atoms with Crippen molar-refractivity contribution >= 4 is 29.6 Å². The van der Waals surface area contributed by atoms with E-state index in [4.69, 9.17) is 4.74 Å². The molecule has 1 heterocycles. The number of anilines is 1. The molecule has 3 fully saturated rings. The molecule has 0 bridgehead atoms. The second-order valence-corrected chi connectivity index (χ2v) is 13.1. The van der Waals surface area contributed by atoms with Crippen LogP contribution in [-0.4, -0.2) is 60.6 Å². The van der Waals surface area contributed by atoms with Gasteiger partial charge in [0.1, 0.15) is 17.5 Å². The maximum absolute atomic E-state index is 14.9. The first kappa shape index (κ1) is 31.8. The molecule has 3 amide bonds. The number of carbonyl (C=O) groups is 4. The molecular formula is C32H46FN3O6.